The van der Waals surface area contributed by atoms with E-state index in [0.717, 1.165) is 5.52 Å². The number of nitrogens with zero attached hydrogens (tertiary/aromatic N) is 2. The molecule has 2 heteroatoms. The molecule has 0 N–H and O–H groups in total. The number of fused-ring (bicyclic) bond motifs is 1. The molecule has 0 bridgehead atoms. The van der Waals surface area contributed by atoms with Crippen LogP contribution >= 0.6 is 0 Å². The molecule has 2 rings (SSSR count). The van der Waals surface area contributed by atoms with Gasteiger partial charge in [-0.2, -0.15) is 5.10 Å². The number of benzene rings is 1. The Kier molecular flexibility index (Phi) is 3.51. The van der Waals surface area contributed by atoms with Gasteiger partial charge in [-0.1, -0.05) is 19.9 Å². The van der Waals surface area contributed by atoms with Gasteiger partial charge >= 0.3 is 0 Å². The predicted octanol–water partition coefficient (Wildman–Crippen LogP) is 3.52. The number of aromatic nitrogens is 2. The molecule has 82 valence electrons. The van der Waals surface area contributed by atoms with Crippen LogP contribution in [-0.4, -0.2) is 9.78 Å². The zero-order chi connectivity index (χ0) is 11.6. The molecule has 0 atom stereocenters. The van der Waals surface area contributed by atoms with Gasteiger partial charge in [-0.3, -0.25) is 4.68 Å². The summed E-state index contributed by atoms with van der Waals surface area (Å²) in [6, 6.07) is 2.20. The van der Waals surface area contributed by atoms with Crippen LogP contribution in [0.3, 0.4) is 0 Å². The first-order valence-corrected chi connectivity index (χ1v) is 5.50. The molecule has 0 unspecified atom stereocenters. The van der Waals surface area contributed by atoms with Gasteiger partial charge in [-0.15, -0.1) is 0 Å². The summed E-state index contributed by atoms with van der Waals surface area (Å²) in [5.41, 5.74) is 5.08. The lowest BCUT2D eigenvalue weighted by Gasteiger charge is -2.02. The monoisotopic (exact) mass is 204 g/mol. The SMILES string of the molecule is CC.Cc1cc(C)c2nn(C)cc2c1C. The van der Waals surface area contributed by atoms with E-state index >= 15 is 0 Å². The third-order valence-corrected chi connectivity index (χ3v) is 2.63. The highest BCUT2D eigenvalue weighted by atomic mass is 15.2. The van der Waals surface area contributed by atoms with Crippen molar-refractivity contribution in [2.24, 2.45) is 7.05 Å². The lowest BCUT2D eigenvalue weighted by Crippen LogP contribution is -1.87. The van der Waals surface area contributed by atoms with Crippen molar-refractivity contribution in [2.45, 2.75) is 34.6 Å². The standard InChI is InChI=1S/C11H14N2.C2H6/c1-7-5-8(2)11-10(9(7)3)6-13(4)12-11;1-2/h5-6H,1-4H3;1-2H3. The van der Waals surface area contributed by atoms with Crippen LogP contribution in [0.25, 0.3) is 10.9 Å². The molecule has 0 aliphatic carbocycles. The van der Waals surface area contributed by atoms with Gasteiger partial charge in [-0.25, -0.2) is 0 Å². The Hall–Kier alpha value is -1.31. The van der Waals surface area contributed by atoms with E-state index in [4.69, 9.17) is 0 Å². The van der Waals surface area contributed by atoms with Crippen LogP contribution in [0.4, 0.5) is 0 Å². The second-order valence-corrected chi connectivity index (χ2v) is 3.70. The van der Waals surface area contributed by atoms with E-state index in [2.05, 4.69) is 38.1 Å². The van der Waals surface area contributed by atoms with Crippen molar-refractivity contribution in [3.05, 3.63) is 29.0 Å². The van der Waals surface area contributed by atoms with Gasteiger partial charge in [0.25, 0.3) is 0 Å². The Morgan fingerprint density at radius 3 is 2.27 bits per heavy atom. The summed E-state index contributed by atoms with van der Waals surface area (Å²) in [6.07, 6.45) is 2.09. The lowest BCUT2D eigenvalue weighted by atomic mass is 10.0. The average Bonchev–Trinajstić information content (AvgIpc) is 2.61. The smallest absolute Gasteiger partial charge is 0.0955 e. The molecule has 1 aromatic carbocycles. The highest BCUT2D eigenvalue weighted by molar-refractivity contribution is 5.85. The van der Waals surface area contributed by atoms with Gasteiger partial charge in [0, 0.05) is 18.6 Å². The molecule has 15 heavy (non-hydrogen) atoms. The topological polar surface area (TPSA) is 17.8 Å². The first kappa shape index (κ1) is 11.8. The highest BCUT2D eigenvalue weighted by Gasteiger charge is 2.06. The maximum atomic E-state index is 4.43. The fraction of sp³-hybridized carbons (Fsp3) is 0.462. The fourth-order valence-corrected chi connectivity index (χ4v) is 1.77. The largest absolute Gasteiger partial charge is 0.275 e. The maximum absolute atomic E-state index is 4.43. The van der Waals surface area contributed by atoms with Crippen molar-refractivity contribution in [3.8, 4) is 0 Å². The van der Waals surface area contributed by atoms with Gasteiger partial charge in [0.1, 0.15) is 0 Å². The molecule has 0 aliphatic heterocycles. The molecule has 0 saturated carbocycles. The number of hydrogen-bond donors (Lipinski definition) is 0. The Bertz CT molecular complexity index is 467. The number of hydrogen-bond acceptors (Lipinski definition) is 1. The minimum atomic E-state index is 1.13. The zero-order valence-corrected chi connectivity index (χ0v) is 10.5. The molecule has 1 heterocycles. The molecule has 0 saturated heterocycles. The molecule has 2 aromatic rings. The summed E-state index contributed by atoms with van der Waals surface area (Å²) in [4.78, 5) is 0. The summed E-state index contributed by atoms with van der Waals surface area (Å²) in [5, 5.41) is 5.71. The fourth-order valence-electron chi connectivity index (χ4n) is 1.77. The van der Waals surface area contributed by atoms with Gasteiger partial charge in [0.15, 0.2) is 0 Å². The van der Waals surface area contributed by atoms with Crippen molar-refractivity contribution < 1.29 is 0 Å². The van der Waals surface area contributed by atoms with Crippen LogP contribution in [0.15, 0.2) is 12.3 Å². The molecule has 0 fully saturated rings. The number of aryl methyl sites for hydroxylation is 4. The summed E-state index contributed by atoms with van der Waals surface area (Å²) >= 11 is 0. The third-order valence-electron chi connectivity index (χ3n) is 2.63. The third kappa shape index (κ3) is 2.04. The quantitative estimate of drug-likeness (QED) is 0.642. The molecular formula is C13H20N2. The minimum absolute atomic E-state index is 1.13. The minimum Gasteiger partial charge on any atom is -0.275 e. The van der Waals surface area contributed by atoms with Crippen LogP contribution in [0, 0.1) is 20.8 Å². The first-order chi connectivity index (χ1) is 7.09. The summed E-state index contributed by atoms with van der Waals surface area (Å²) in [7, 11) is 1.97. The van der Waals surface area contributed by atoms with Crippen molar-refractivity contribution in [1.82, 2.24) is 9.78 Å². The van der Waals surface area contributed by atoms with E-state index in [1.54, 1.807) is 0 Å². The Morgan fingerprint density at radius 1 is 1.07 bits per heavy atom. The van der Waals surface area contributed by atoms with Crippen LogP contribution in [-0.2, 0) is 7.05 Å². The summed E-state index contributed by atoms with van der Waals surface area (Å²) in [6.45, 7) is 10.4. The molecular weight excluding hydrogens is 184 g/mol. The van der Waals surface area contributed by atoms with Gasteiger partial charge in [0.05, 0.1) is 5.52 Å². The number of rotatable bonds is 0. The van der Waals surface area contributed by atoms with Crippen molar-refractivity contribution >= 4 is 10.9 Å². The van der Waals surface area contributed by atoms with Crippen molar-refractivity contribution in [3.63, 3.8) is 0 Å². The maximum Gasteiger partial charge on any atom is 0.0955 e. The van der Waals surface area contributed by atoms with Gasteiger partial charge < -0.3 is 0 Å². The highest BCUT2D eigenvalue weighted by Crippen LogP contribution is 2.23. The molecule has 0 radical (unpaired) electrons. The van der Waals surface area contributed by atoms with E-state index in [0.29, 0.717) is 0 Å². The van der Waals surface area contributed by atoms with Crippen molar-refractivity contribution in [2.75, 3.05) is 0 Å². The van der Waals surface area contributed by atoms with E-state index in [-0.39, 0.29) is 0 Å². The molecule has 0 spiro atoms. The predicted molar refractivity (Wildman–Crippen MR) is 66.3 cm³/mol. The Balaban J connectivity index is 0.000000531. The van der Waals surface area contributed by atoms with E-state index in [1.165, 1.54) is 22.1 Å². The average molecular weight is 204 g/mol. The Labute approximate surface area is 91.9 Å². The normalized spacial score (nSPS) is 10.0. The van der Waals surface area contributed by atoms with Gasteiger partial charge in [0.2, 0.25) is 0 Å². The Morgan fingerprint density at radius 2 is 1.67 bits per heavy atom. The van der Waals surface area contributed by atoms with Crippen LogP contribution in [0.5, 0.6) is 0 Å². The first-order valence-electron chi connectivity index (χ1n) is 5.50. The zero-order valence-electron chi connectivity index (χ0n) is 10.5. The van der Waals surface area contributed by atoms with Crippen LogP contribution < -0.4 is 0 Å². The van der Waals surface area contributed by atoms with Crippen LogP contribution in [0.1, 0.15) is 30.5 Å². The van der Waals surface area contributed by atoms with E-state index in [1.807, 2.05) is 25.6 Å². The van der Waals surface area contributed by atoms with Crippen molar-refractivity contribution in [1.29, 1.82) is 0 Å². The molecule has 1 aromatic heterocycles. The summed E-state index contributed by atoms with van der Waals surface area (Å²) < 4.78 is 1.88. The second-order valence-electron chi connectivity index (χ2n) is 3.70. The molecule has 0 amide bonds. The molecule has 2 nitrogen and oxygen atoms in total. The van der Waals surface area contributed by atoms with E-state index < -0.39 is 0 Å². The lowest BCUT2D eigenvalue weighted by molar-refractivity contribution is 0.779. The summed E-state index contributed by atoms with van der Waals surface area (Å²) in [5.74, 6) is 0. The molecule has 0 aliphatic rings. The van der Waals surface area contributed by atoms with E-state index in [9.17, 15) is 0 Å². The van der Waals surface area contributed by atoms with Gasteiger partial charge in [-0.05, 0) is 37.5 Å². The second kappa shape index (κ2) is 4.47. The van der Waals surface area contributed by atoms with Crippen LogP contribution in [0.2, 0.25) is 0 Å².